The highest BCUT2D eigenvalue weighted by molar-refractivity contribution is 14.1. The van der Waals surface area contributed by atoms with Gasteiger partial charge in [0.25, 0.3) is 0 Å². The van der Waals surface area contributed by atoms with Gasteiger partial charge in [-0.15, -0.1) is 0 Å². The van der Waals surface area contributed by atoms with Crippen LogP contribution >= 0.6 is 22.6 Å². The van der Waals surface area contributed by atoms with E-state index in [1.807, 2.05) is 0 Å². The summed E-state index contributed by atoms with van der Waals surface area (Å²) < 4.78 is 1.30. The Morgan fingerprint density at radius 2 is 2.15 bits per heavy atom. The molecule has 0 radical (unpaired) electrons. The number of aliphatic hydroxyl groups is 1. The van der Waals surface area contributed by atoms with E-state index in [-0.39, 0.29) is 6.61 Å². The molecule has 1 atom stereocenters. The molecule has 0 aliphatic heterocycles. The standard InChI is InChI=1S/C11H15IO/c1-8-3-4-10(11(12)7-8)9(2)5-6-13/h3-4,7,9,13H,5-6H2,1-2H3/t9-/m0/s1. The molecule has 0 aromatic heterocycles. The maximum absolute atomic E-state index is 8.84. The highest BCUT2D eigenvalue weighted by Crippen LogP contribution is 2.24. The molecule has 2 heteroatoms. The Kier molecular flexibility index (Phi) is 4.19. The second-order valence-corrected chi connectivity index (χ2v) is 4.60. The zero-order chi connectivity index (χ0) is 9.84. The predicted molar refractivity (Wildman–Crippen MR) is 64.0 cm³/mol. The van der Waals surface area contributed by atoms with E-state index in [0.29, 0.717) is 5.92 Å². The summed E-state index contributed by atoms with van der Waals surface area (Å²) in [7, 11) is 0. The summed E-state index contributed by atoms with van der Waals surface area (Å²) in [6.07, 6.45) is 0.846. The molecule has 0 bridgehead atoms. The number of hydrogen-bond donors (Lipinski definition) is 1. The van der Waals surface area contributed by atoms with Crippen LogP contribution in [0.15, 0.2) is 18.2 Å². The van der Waals surface area contributed by atoms with Gasteiger partial charge in [-0.2, -0.15) is 0 Å². The minimum absolute atomic E-state index is 0.269. The van der Waals surface area contributed by atoms with Crippen LogP contribution in [0.25, 0.3) is 0 Å². The second-order valence-electron chi connectivity index (χ2n) is 3.44. The third-order valence-electron chi connectivity index (χ3n) is 2.25. The van der Waals surface area contributed by atoms with Crippen LogP contribution in [0.4, 0.5) is 0 Å². The normalized spacial score (nSPS) is 12.9. The van der Waals surface area contributed by atoms with Gasteiger partial charge >= 0.3 is 0 Å². The lowest BCUT2D eigenvalue weighted by Gasteiger charge is -2.12. The molecule has 0 fully saturated rings. The summed E-state index contributed by atoms with van der Waals surface area (Å²) in [4.78, 5) is 0. The number of aliphatic hydroxyl groups excluding tert-OH is 1. The summed E-state index contributed by atoms with van der Waals surface area (Å²) >= 11 is 2.36. The van der Waals surface area contributed by atoms with E-state index in [1.54, 1.807) is 0 Å². The molecule has 0 heterocycles. The van der Waals surface area contributed by atoms with Gasteiger partial charge in [0, 0.05) is 10.2 Å². The van der Waals surface area contributed by atoms with E-state index in [9.17, 15) is 0 Å². The summed E-state index contributed by atoms with van der Waals surface area (Å²) in [5, 5.41) is 8.84. The van der Waals surface area contributed by atoms with Gasteiger partial charge in [-0.1, -0.05) is 24.6 Å². The van der Waals surface area contributed by atoms with Crippen molar-refractivity contribution in [1.29, 1.82) is 0 Å². The van der Waals surface area contributed by atoms with Crippen LogP contribution in [0.2, 0.25) is 0 Å². The van der Waals surface area contributed by atoms with Crippen molar-refractivity contribution in [3.63, 3.8) is 0 Å². The first-order chi connectivity index (χ1) is 6.15. The second kappa shape index (κ2) is 4.96. The fraction of sp³-hybridized carbons (Fsp3) is 0.455. The fourth-order valence-corrected chi connectivity index (χ4v) is 2.58. The molecule has 1 aromatic rings. The lowest BCUT2D eigenvalue weighted by Crippen LogP contribution is -1.99. The Morgan fingerprint density at radius 1 is 1.46 bits per heavy atom. The van der Waals surface area contributed by atoms with Crippen LogP contribution in [-0.4, -0.2) is 11.7 Å². The van der Waals surface area contributed by atoms with E-state index in [2.05, 4.69) is 54.6 Å². The van der Waals surface area contributed by atoms with Gasteiger partial charge in [0.05, 0.1) is 0 Å². The van der Waals surface area contributed by atoms with Crippen molar-refractivity contribution in [3.05, 3.63) is 32.9 Å². The Balaban J connectivity index is 2.88. The smallest absolute Gasteiger partial charge is 0.0436 e. The molecule has 1 N–H and O–H groups in total. The van der Waals surface area contributed by atoms with Crippen molar-refractivity contribution in [2.45, 2.75) is 26.2 Å². The van der Waals surface area contributed by atoms with Crippen molar-refractivity contribution >= 4 is 22.6 Å². The molecule has 0 unspecified atom stereocenters. The Labute approximate surface area is 93.3 Å². The Bertz CT molecular complexity index is 283. The molecule has 0 spiro atoms. The highest BCUT2D eigenvalue weighted by atomic mass is 127. The van der Waals surface area contributed by atoms with Crippen LogP contribution in [0.3, 0.4) is 0 Å². The maximum Gasteiger partial charge on any atom is 0.0436 e. The van der Waals surface area contributed by atoms with Gasteiger partial charge in [0.15, 0.2) is 0 Å². The molecule has 13 heavy (non-hydrogen) atoms. The third-order valence-corrected chi connectivity index (χ3v) is 3.18. The SMILES string of the molecule is Cc1ccc([C@@H](C)CCO)c(I)c1. The quantitative estimate of drug-likeness (QED) is 0.848. The Hall–Kier alpha value is -0.0900. The molecule has 0 saturated heterocycles. The predicted octanol–water partition coefficient (Wildman–Crippen LogP) is 3.09. The molecule has 0 aliphatic rings. The molecule has 1 nitrogen and oxygen atoms in total. The lowest BCUT2D eigenvalue weighted by molar-refractivity contribution is 0.278. The molecule has 0 amide bonds. The summed E-state index contributed by atoms with van der Waals surface area (Å²) in [5.41, 5.74) is 2.64. The number of benzene rings is 1. The van der Waals surface area contributed by atoms with Crippen molar-refractivity contribution in [2.75, 3.05) is 6.61 Å². The van der Waals surface area contributed by atoms with Crippen molar-refractivity contribution in [1.82, 2.24) is 0 Å². The molecule has 0 aliphatic carbocycles. The van der Waals surface area contributed by atoms with Crippen LogP contribution in [0, 0.1) is 10.5 Å². The largest absolute Gasteiger partial charge is 0.396 e. The topological polar surface area (TPSA) is 20.2 Å². The first kappa shape index (κ1) is 11.0. The zero-order valence-corrected chi connectivity index (χ0v) is 10.2. The number of aryl methyl sites for hydroxylation is 1. The van der Waals surface area contributed by atoms with Gasteiger partial charge in [0.1, 0.15) is 0 Å². The number of halogens is 1. The van der Waals surface area contributed by atoms with Gasteiger partial charge in [-0.05, 0) is 53.5 Å². The monoisotopic (exact) mass is 290 g/mol. The summed E-state index contributed by atoms with van der Waals surface area (Å²) in [5.74, 6) is 0.456. The fourth-order valence-electron chi connectivity index (χ4n) is 1.38. The van der Waals surface area contributed by atoms with Crippen molar-refractivity contribution < 1.29 is 5.11 Å². The first-order valence-electron chi connectivity index (χ1n) is 4.52. The van der Waals surface area contributed by atoms with Crippen LogP contribution in [0.5, 0.6) is 0 Å². The van der Waals surface area contributed by atoms with Gasteiger partial charge < -0.3 is 5.11 Å². The minimum Gasteiger partial charge on any atom is -0.396 e. The van der Waals surface area contributed by atoms with Crippen LogP contribution in [-0.2, 0) is 0 Å². The van der Waals surface area contributed by atoms with E-state index >= 15 is 0 Å². The average Bonchev–Trinajstić information content (AvgIpc) is 2.04. The zero-order valence-electron chi connectivity index (χ0n) is 8.05. The van der Waals surface area contributed by atoms with E-state index in [4.69, 9.17) is 5.11 Å². The molecule has 1 rings (SSSR count). The number of hydrogen-bond acceptors (Lipinski definition) is 1. The molecule has 1 aromatic carbocycles. The highest BCUT2D eigenvalue weighted by Gasteiger charge is 2.08. The Morgan fingerprint density at radius 3 is 2.69 bits per heavy atom. The van der Waals surface area contributed by atoms with Gasteiger partial charge in [-0.25, -0.2) is 0 Å². The lowest BCUT2D eigenvalue weighted by atomic mass is 9.97. The minimum atomic E-state index is 0.269. The van der Waals surface area contributed by atoms with Crippen molar-refractivity contribution in [2.24, 2.45) is 0 Å². The first-order valence-corrected chi connectivity index (χ1v) is 5.60. The summed E-state index contributed by atoms with van der Waals surface area (Å²) in [6, 6.07) is 6.48. The van der Waals surface area contributed by atoms with Crippen LogP contribution < -0.4 is 0 Å². The summed E-state index contributed by atoms with van der Waals surface area (Å²) in [6.45, 7) is 4.52. The molecule has 72 valence electrons. The van der Waals surface area contributed by atoms with E-state index in [1.165, 1.54) is 14.7 Å². The van der Waals surface area contributed by atoms with Gasteiger partial charge in [0.2, 0.25) is 0 Å². The van der Waals surface area contributed by atoms with Crippen LogP contribution in [0.1, 0.15) is 30.4 Å². The maximum atomic E-state index is 8.84. The van der Waals surface area contributed by atoms with Crippen molar-refractivity contribution in [3.8, 4) is 0 Å². The number of rotatable bonds is 3. The van der Waals surface area contributed by atoms with E-state index < -0.39 is 0 Å². The van der Waals surface area contributed by atoms with Gasteiger partial charge in [-0.3, -0.25) is 0 Å². The molecular formula is C11H15IO. The third kappa shape index (κ3) is 2.95. The molecular weight excluding hydrogens is 275 g/mol. The molecule has 0 saturated carbocycles. The van der Waals surface area contributed by atoms with E-state index in [0.717, 1.165) is 6.42 Å². The average molecular weight is 290 g/mol.